The van der Waals surface area contributed by atoms with Gasteiger partial charge >= 0.3 is 0 Å². The molecule has 2 fully saturated rings. The fourth-order valence-electron chi connectivity index (χ4n) is 3.46. The Morgan fingerprint density at radius 3 is 2.40 bits per heavy atom. The van der Waals surface area contributed by atoms with E-state index in [0.29, 0.717) is 31.6 Å². The van der Waals surface area contributed by atoms with Crippen molar-refractivity contribution in [1.29, 1.82) is 0 Å². The maximum atomic E-state index is 12.6. The number of rotatable bonds is 5. The van der Waals surface area contributed by atoms with Gasteiger partial charge in [0.05, 0.1) is 15.9 Å². The number of hydrogen-bond donors (Lipinski definition) is 2. The zero-order valence-electron chi connectivity index (χ0n) is 13.9. The monoisotopic (exact) mass is 369 g/mol. The van der Waals surface area contributed by atoms with Crippen molar-refractivity contribution in [1.82, 2.24) is 4.31 Å². The van der Waals surface area contributed by atoms with E-state index >= 15 is 0 Å². The van der Waals surface area contributed by atoms with E-state index in [9.17, 15) is 23.6 Å². The van der Waals surface area contributed by atoms with Gasteiger partial charge in [-0.05, 0) is 50.7 Å². The number of benzene rings is 1. The lowest BCUT2D eigenvalue weighted by Crippen LogP contribution is -2.29. The van der Waals surface area contributed by atoms with Crippen molar-refractivity contribution in [3.8, 4) is 0 Å². The van der Waals surface area contributed by atoms with Gasteiger partial charge < -0.3 is 10.4 Å². The highest BCUT2D eigenvalue weighted by Crippen LogP contribution is 2.32. The summed E-state index contributed by atoms with van der Waals surface area (Å²) in [5.41, 5.74) is 0.0955. The fraction of sp³-hybridized carbons (Fsp3) is 0.625. The van der Waals surface area contributed by atoms with Crippen molar-refractivity contribution in [3.63, 3.8) is 0 Å². The summed E-state index contributed by atoms with van der Waals surface area (Å²) in [4.78, 5) is 10.8. The molecular formula is C16H23N3O5S. The van der Waals surface area contributed by atoms with Gasteiger partial charge in [-0.2, -0.15) is 4.31 Å². The summed E-state index contributed by atoms with van der Waals surface area (Å²) < 4.78 is 26.6. The molecule has 1 saturated carbocycles. The van der Waals surface area contributed by atoms with Crippen molar-refractivity contribution in [3.05, 3.63) is 28.3 Å². The van der Waals surface area contributed by atoms with Crippen molar-refractivity contribution >= 4 is 21.4 Å². The Kier molecular flexibility index (Phi) is 5.26. The lowest BCUT2D eigenvalue weighted by molar-refractivity contribution is -0.384. The van der Waals surface area contributed by atoms with Crippen LogP contribution in [0.5, 0.6) is 0 Å². The molecule has 3 rings (SSSR count). The standard InChI is InChI=1S/C16H23N3O5S/c20-13-5-3-12(4-6-13)17-15-8-7-14(11-16(15)19(21)22)25(23,24)18-9-1-2-10-18/h7-8,11-13,17,20H,1-6,9-10H2. The first-order valence-electron chi connectivity index (χ1n) is 8.61. The smallest absolute Gasteiger partial charge is 0.293 e. The van der Waals surface area contributed by atoms with E-state index in [1.807, 2.05) is 0 Å². The summed E-state index contributed by atoms with van der Waals surface area (Å²) >= 11 is 0. The van der Waals surface area contributed by atoms with Crippen LogP contribution in [-0.2, 0) is 10.0 Å². The minimum absolute atomic E-state index is 0.0364. The topological polar surface area (TPSA) is 113 Å². The average molecular weight is 369 g/mol. The first-order valence-corrected chi connectivity index (χ1v) is 10.0. The Hall–Kier alpha value is -1.71. The summed E-state index contributed by atoms with van der Waals surface area (Å²) in [6, 6.07) is 4.10. The number of sulfonamides is 1. The van der Waals surface area contributed by atoms with Crippen LogP contribution in [0, 0.1) is 10.1 Å². The van der Waals surface area contributed by atoms with E-state index in [-0.39, 0.29) is 22.7 Å². The molecule has 9 heteroatoms. The minimum atomic E-state index is -3.68. The highest BCUT2D eigenvalue weighted by molar-refractivity contribution is 7.89. The number of nitro benzene ring substituents is 1. The highest BCUT2D eigenvalue weighted by atomic mass is 32.2. The van der Waals surface area contributed by atoms with Crippen LogP contribution in [0.4, 0.5) is 11.4 Å². The van der Waals surface area contributed by atoms with E-state index in [1.165, 1.54) is 16.4 Å². The molecule has 1 aliphatic heterocycles. The molecule has 25 heavy (non-hydrogen) atoms. The van der Waals surface area contributed by atoms with Crippen molar-refractivity contribution in [2.75, 3.05) is 18.4 Å². The largest absolute Gasteiger partial charge is 0.393 e. The number of nitrogens with zero attached hydrogens (tertiary/aromatic N) is 2. The predicted molar refractivity (Wildman–Crippen MR) is 93.0 cm³/mol. The van der Waals surface area contributed by atoms with Crippen molar-refractivity contribution in [2.24, 2.45) is 0 Å². The number of nitro groups is 1. The lowest BCUT2D eigenvalue weighted by Gasteiger charge is -2.27. The Bertz CT molecular complexity index is 738. The first kappa shape index (κ1) is 18.1. The molecule has 1 saturated heterocycles. The van der Waals surface area contributed by atoms with E-state index in [4.69, 9.17) is 0 Å². The molecule has 0 radical (unpaired) electrons. The van der Waals surface area contributed by atoms with Gasteiger partial charge in [-0.1, -0.05) is 0 Å². The molecule has 0 atom stereocenters. The summed E-state index contributed by atoms with van der Waals surface area (Å²) in [7, 11) is -3.68. The van der Waals surface area contributed by atoms with Crippen LogP contribution in [0.25, 0.3) is 0 Å². The molecule has 2 N–H and O–H groups in total. The molecule has 1 heterocycles. The minimum Gasteiger partial charge on any atom is -0.393 e. The number of aliphatic hydroxyl groups excluding tert-OH is 1. The third-order valence-electron chi connectivity index (χ3n) is 4.93. The van der Waals surface area contributed by atoms with Gasteiger partial charge in [-0.3, -0.25) is 10.1 Å². The molecule has 1 aromatic carbocycles. The van der Waals surface area contributed by atoms with Crippen LogP contribution in [0.1, 0.15) is 38.5 Å². The maximum Gasteiger partial charge on any atom is 0.293 e. The second kappa shape index (κ2) is 7.27. The summed E-state index contributed by atoms with van der Waals surface area (Å²) in [5, 5.41) is 24.1. The summed E-state index contributed by atoms with van der Waals surface area (Å²) in [6.45, 7) is 0.918. The van der Waals surface area contributed by atoms with Crippen molar-refractivity contribution in [2.45, 2.75) is 55.6 Å². The molecular weight excluding hydrogens is 346 g/mol. The first-order chi connectivity index (χ1) is 11.9. The molecule has 0 unspecified atom stereocenters. The molecule has 8 nitrogen and oxygen atoms in total. The van der Waals surface area contributed by atoms with Gasteiger partial charge in [-0.25, -0.2) is 8.42 Å². The van der Waals surface area contributed by atoms with E-state index in [2.05, 4.69) is 5.32 Å². The van der Waals surface area contributed by atoms with Gasteiger partial charge in [0.25, 0.3) is 5.69 Å². The number of aliphatic hydroxyl groups is 1. The Labute approximate surface area is 147 Å². The molecule has 1 aliphatic carbocycles. The summed E-state index contributed by atoms with van der Waals surface area (Å²) in [6.07, 6.45) is 4.10. The fourth-order valence-corrected chi connectivity index (χ4v) is 5.00. The second-order valence-electron chi connectivity index (χ2n) is 6.70. The number of anilines is 1. The van der Waals surface area contributed by atoms with Crippen LogP contribution >= 0.6 is 0 Å². The number of nitrogens with one attached hydrogen (secondary N) is 1. The van der Waals surface area contributed by atoms with Crippen LogP contribution < -0.4 is 5.32 Å². The third kappa shape index (κ3) is 3.94. The molecule has 0 spiro atoms. The van der Waals surface area contributed by atoms with Crippen molar-refractivity contribution < 1.29 is 18.4 Å². The lowest BCUT2D eigenvalue weighted by atomic mass is 9.93. The second-order valence-corrected chi connectivity index (χ2v) is 8.63. The molecule has 0 bridgehead atoms. The zero-order valence-corrected chi connectivity index (χ0v) is 14.7. The number of hydrogen-bond acceptors (Lipinski definition) is 6. The molecule has 2 aliphatic rings. The molecule has 138 valence electrons. The van der Waals surface area contributed by atoms with Crippen LogP contribution in [0.3, 0.4) is 0 Å². The van der Waals surface area contributed by atoms with E-state index in [1.54, 1.807) is 0 Å². The zero-order chi connectivity index (χ0) is 18.0. The van der Waals surface area contributed by atoms with E-state index in [0.717, 1.165) is 31.7 Å². The Morgan fingerprint density at radius 2 is 1.80 bits per heavy atom. The molecule has 1 aromatic rings. The SMILES string of the molecule is O=[N+]([O-])c1cc(S(=O)(=O)N2CCCC2)ccc1NC1CCC(O)CC1. The van der Waals surface area contributed by atoms with Gasteiger partial charge in [0.1, 0.15) is 5.69 Å². The van der Waals surface area contributed by atoms with Gasteiger partial charge in [0.15, 0.2) is 0 Å². The van der Waals surface area contributed by atoms with Crippen LogP contribution in [-0.4, -0.2) is 48.0 Å². The Balaban J connectivity index is 1.84. The highest BCUT2D eigenvalue weighted by Gasteiger charge is 2.30. The van der Waals surface area contributed by atoms with Crippen LogP contribution in [0.15, 0.2) is 23.1 Å². The van der Waals surface area contributed by atoms with Gasteiger partial charge in [0.2, 0.25) is 10.0 Å². The quantitative estimate of drug-likeness (QED) is 0.607. The normalized spacial score (nSPS) is 25.0. The van der Waals surface area contributed by atoms with Crippen LogP contribution in [0.2, 0.25) is 0 Å². The molecule has 0 amide bonds. The van der Waals surface area contributed by atoms with E-state index < -0.39 is 14.9 Å². The predicted octanol–water partition coefficient (Wildman–Crippen LogP) is 2.09. The molecule has 0 aromatic heterocycles. The van der Waals surface area contributed by atoms with Gasteiger partial charge in [-0.15, -0.1) is 0 Å². The average Bonchev–Trinajstić information content (AvgIpc) is 3.12. The van der Waals surface area contributed by atoms with Gasteiger partial charge in [0, 0.05) is 25.2 Å². The maximum absolute atomic E-state index is 12.6. The third-order valence-corrected chi connectivity index (χ3v) is 6.82. The Morgan fingerprint density at radius 1 is 1.16 bits per heavy atom. The summed E-state index contributed by atoms with van der Waals surface area (Å²) in [5.74, 6) is 0.